The minimum Gasteiger partial charge on any atom is -0.508 e. The molecule has 0 heterocycles. The Hall–Kier alpha value is -1.35. The summed E-state index contributed by atoms with van der Waals surface area (Å²) in [6.07, 6.45) is 5.24. The summed E-state index contributed by atoms with van der Waals surface area (Å²) in [7, 11) is 3.25. The van der Waals surface area contributed by atoms with Gasteiger partial charge < -0.3 is 9.84 Å². The maximum absolute atomic E-state index is 12.3. The SMILES string of the molecule is COC.C[C@H]1CC2C(CCC3(C)C(=O)CCC23)c2ccc(O)cc21. The Balaban J connectivity index is 0.000000526. The first-order chi connectivity index (χ1) is 11.4. The van der Waals surface area contributed by atoms with Gasteiger partial charge in [-0.1, -0.05) is 19.9 Å². The number of rotatable bonds is 0. The fraction of sp³-hybridized carbons (Fsp3) is 0.667. The van der Waals surface area contributed by atoms with Gasteiger partial charge in [-0.25, -0.2) is 0 Å². The zero-order valence-electron chi connectivity index (χ0n) is 15.3. The largest absolute Gasteiger partial charge is 0.508 e. The lowest BCUT2D eigenvalue weighted by Crippen LogP contribution is -2.42. The molecule has 3 heteroatoms. The van der Waals surface area contributed by atoms with Gasteiger partial charge in [-0.05, 0) is 72.6 Å². The monoisotopic (exact) mass is 330 g/mol. The predicted molar refractivity (Wildman–Crippen MR) is 95.4 cm³/mol. The van der Waals surface area contributed by atoms with Crippen molar-refractivity contribution < 1.29 is 14.6 Å². The number of carbonyl (C=O) groups is 1. The molecule has 3 aliphatic carbocycles. The summed E-state index contributed by atoms with van der Waals surface area (Å²) in [5, 5.41) is 9.78. The molecule has 0 aliphatic heterocycles. The molecule has 0 bridgehead atoms. The highest BCUT2D eigenvalue weighted by Gasteiger charge is 2.55. The van der Waals surface area contributed by atoms with Crippen molar-refractivity contribution in [3.05, 3.63) is 29.3 Å². The molecule has 0 amide bonds. The number of hydrogen-bond acceptors (Lipinski definition) is 3. The van der Waals surface area contributed by atoms with Gasteiger partial charge in [0.15, 0.2) is 0 Å². The highest BCUT2D eigenvalue weighted by atomic mass is 16.4. The molecule has 4 rings (SSSR count). The van der Waals surface area contributed by atoms with Crippen LogP contribution in [0, 0.1) is 17.3 Å². The van der Waals surface area contributed by atoms with Gasteiger partial charge in [0.1, 0.15) is 11.5 Å². The van der Waals surface area contributed by atoms with Crippen molar-refractivity contribution in [1.82, 2.24) is 0 Å². The molecular weight excluding hydrogens is 300 g/mol. The Morgan fingerprint density at radius 2 is 1.92 bits per heavy atom. The number of ether oxygens (including phenoxy) is 1. The van der Waals surface area contributed by atoms with Gasteiger partial charge in [-0.2, -0.15) is 0 Å². The van der Waals surface area contributed by atoms with Crippen molar-refractivity contribution in [1.29, 1.82) is 0 Å². The minimum absolute atomic E-state index is 0.0463. The maximum Gasteiger partial charge on any atom is 0.139 e. The third kappa shape index (κ3) is 2.67. The maximum atomic E-state index is 12.3. The van der Waals surface area contributed by atoms with Crippen molar-refractivity contribution >= 4 is 5.78 Å². The summed E-state index contributed by atoms with van der Waals surface area (Å²) in [6, 6.07) is 5.93. The van der Waals surface area contributed by atoms with Gasteiger partial charge in [0.2, 0.25) is 0 Å². The van der Waals surface area contributed by atoms with Crippen molar-refractivity contribution in [2.45, 2.75) is 57.8 Å². The van der Waals surface area contributed by atoms with E-state index in [1.165, 1.54) is 17.5 Å². The number of fused-ring (bicyclic) bond motifs is 5. The molecule has 2 fully saturated rings. The molecule has 132 valence electrons. The summed E-state index contributed by atoms with van der Waals surface area (Å²) in [5.41, 5.74) is 2.73. The number of methoxy groups -OCH3 is 1. The second-order valence-corrected chi connectivity index (χ2v) is 8.15. The van der Waals surface area contributed by atoms with Crippen LogP contribution in [0.2, 0.25) is 0 Å². The quantitative estimate of drug-likeness (QED) is 0.754. The zero-order valence-corrected chi connectivity index (χ0v) is 15.3. The summed E-state index contributed by atoms with van der Waals surface area (Å²) < 4.78 is 4.25. The lowest BCUT2D eigenvalue weighted by atomic mass is 9.54. The molecule has 0 spiro atoms. The lowest BCUT2D eigenvalue weighted by molar-refractivity contribution is -0.129. The van der Waals surface area contributed by atoms with Gasteiger partial charge in [0.25, 0.3) is 0 Å². The Bertz CT molecular complexity index is 624. The van der Waals surface area contributed by atoms with E-state index in [2.05, 4.69) is 24.7 Å². The van der Waals surface area contributed by atoms with E-state index in [-0.39, 0.29) is 5.41 Å². The number of aromatic hydroxyl groups is 1. The van der Waals surface area contributed by atoms with E-state index in [4.69, 9.17) is 0 Å². The number of Topliss-reactive ketones (excluding diaryl/α,β-unsaturated/α-hetero) is 1. The average molecular weight is 330 g/mol. The van der Waals surface area contributed by atoms with Crippen LogP contribution in [0.3, 0.4) is 0 Å². The summed E-state index contributed by atoms with van der Waals surface area (Å²) in [6.45, 7) is 4.50. The Morgan fingerprint density at radius 1 is 1.21 bits per heavy atom. The molecule has 2 saturated carbocycles. The van der Waals surface area contributed by atoms with Crippen LogP contribution in [-0.2, 0) is 9.53 Å². The molecule has 1 aromatic rings. The number of carbonyl (C=O) groups excluding carboxylic acids is 1. The Kier molecular flexibility index (Phi) is 4.74. The van der Waals surface area contributed by atoms with Crippen LogP contribution < -0.4 is 0 Å². The normalized spacial score (nSPS) is 36.9. The van der Waals surface area contributed by atoms with E-state index in [0.29, 0.717) is 35.2 Å². The number of benzene rings is 1. The first-order valence-corrected chi connectivity index (χ1v) is 9.18. The third-order valence-corrected chi connectivity index (χ3v) is 6.77. The first kappa shape index (κ1) is 17.5. The van der Waals surface area contributed by atoms with Crippen LogP contribution in [0.1, 0.15) is 68.9 Å². The third-order valence-electron chi connectivity index (χ3n) is 6.77. The van der Waals surface area contributed by atoms with Gasteiger partial charge in [-0.15, -0.1) is 0 Å². The molecule has 0 radical (unpaired) electrons. The van der Waals surface area contributed by atoms with E-state index in [0.717, 1.165) is 25.7 Å². The van der Waals surface area contributed by atoms with Crippen LogP contribution in [0.5, 0.6) is 5.75 Å². The molecule has 4 unspecified atom stereocenters. The summed E-state index contributed by atoms with van der Waals surface area (Å²) in [4.78, 5) is 12.3. The molecular formula is C21H30O3. The number of hydrogen-bond donors (Lipinski definition) is 1. The Labute approximate surface area is 145 Å². The second-order valence-electron chi connectivity index (χ2n) is 8.15. The van der Waals surface area contributed by atoms with Gasteiger partial charge in [0.05, 0.1) is 0 Å². The van der Waals surface area contributed by atoms with Gasteiger partial charge in [-0.3, -0.25) is 4.79 Å². The molecule has 1 N–H and O–H groups in total. The molecule has 0 aromatic heterocycles. The molecule has 5 atom stereocenters. The smallest absolute Gasteiger partial charge is 0.139 e. The fourth-order valence-corrected chi connectivity index (χ4v) is 5.64. The average Bonchev–Trinajstić information content (AvgIpc) is 2.84. The van der Waals surface area contributed by atoms with Crippen LogP contribution in [0.25, 0.3) is 0 Å². The molecule has 1 aromatic carbocycles. The topological polar surface area (TPSA) is 46.5 Å². The molecule has 3 nitrogen and oxygen atoms in total. The van der Waals surface area contributed by atoms with E-state index >= 15 is 0 Å². The van der Waals surface area contributed by atoms with E-state index in [9.17, 15) is 9.90 Å². The standard InChI is InChI=1S/C19H24O2.C2H6O/c1-11-9-16-14(13-4-3-12(20)10-15(11)13)7-8-19(2)17(16)5-6-18(19)21;1-3-2/h3-4,10-11,14,16-17,20H,5-9H2,1-2H3;1-2H3/t11-,14?,16?,17?,19?;/m0./s1. The second kappa shape index (κ2) is 6.51. The first-order valence-electron chi connectivity index (χ1n) is 9.18. The van der Waals surface area contributed by atoms with E-state index in [1.807, 2.05) is 12.1 Å². The number of ketones is 1. The molecule has 3 aliphatic rings. The number of phenolic OH excluding ortho intramolecular Hbond substituents is 1. The van der Waals surface area contributed by atoms with Crippen LogP contribution in [0.4, 0.5) is 0 Å². The van der Waals surface area contributed by atoms with Crippen molar-refractivity contribution in [3.8, 4) is 5.75 Å². The zero-order chi connectivity index (χ0) is 17.5. The molecule has 24 heavy (non-hydrogen) atoms. The lowest BCUT2D eigenvalue weighted by Gasteiger charge is -2.49. The fourth-order valence-electron chi connectivity index (χ4n) is 5.64. The highest BCUT2D eigenvalue weighted by molar-refractivity contribution is 5.87. The van der Waals surface area contributed by atoms with Crippen LogP contribution in [-0.4, -0.2) is 25.1 Å². The van der Waals surface area contributed by atoms with Crippen LogP contribution >= 0.6 is 0 Å². The molecule has 0 saturated heterocycles. The Morgan fingerprint density at radius 3 is 2.62 bits per heavy atom. The van der Waals surface area contributed by atoms with Gasteiger partial charge >= 0.3 is 0 Å². The summed E-state index contributed by atoms with van der Waals surface area (Å²) >= 11 is 0. The predicted octanol–water partition coefficient (Wildman–Crippen LogP) is 4.64. The minimum atomic E-state index is -0.0463. The van der Waals surface area contributed by atoms with Crippen molar-refractivity contribution in [3.63, 3.8) is 0 Å². The summed E-state index contributed by atoms with van der Waals surface area (Å²) in [5.74, 6) is 3.22. The van der Waals surface area contributed by atoms with E-state index in [1.54, 1.807) is 14.2 Å². The van der Waals surface area contributed by atoms with Gasteiger partial charge in [0, 0.05) is 26.1 Å². The van der Waals surface area contributed by atoms with E-state index < -0.39 is 0 Å². The van der Waals surface area contributed by atoms with Crippen molar-refractivity contribution in [2.75, 3.05) is 14.2 Å². The highest BCUT2D eigenvalue weighted by Crippen LogP contribution is 2.61. The van der Waals surface area contributed by atoms with Crippen LogP contribution in [0.15, 0.2) is 18.2 Å². The van der Waals surface area contributed by atoms with Crippen molar-refractivity contribution in [2.24, 2.45) is 17.3 Å². The number of phenols is 1.